The number of aliphatic hydroxyl groups excluding tert-OH is 1. The largest absolute Gasteiger partial charge is 0.395 e. The van der Waals surface area contributed by atoms with E-state index in [2.05, 4.69) is 6.92 Å². The molecule has 0 aliphatic carbocycles. The van der Waals surface area contributed by atoms with Gasteiger partial charge in [0.25, 0.3) is 0 Å². The highest BCUT2D eigenvalue weighted by Gasteiger charge is 2.17. The Morgan fingerprint density at radius 1 is 1.50 bits per heavy atom. The molecule has 16 heavy (non-hydrogen) atoms. The summed E-state index contributed by atoms with van der Waals surface area (Å²) < 4.78 is 5.07. The third-order valence-corrected chi connectivity index (χ3v) is 2.50. The van der Waals surface area contributed by atoms with E-state index in [1.807, 2.05) is 0 Å². The summed E-state index contributed by atoms with van der Waals surface area (Å²) in [5.74, 6) is -0.000185. The summed E-state index contributed by atoms with van der Waals surface area (Å²) >= 11 is 0. The van der Waals surface area contributed by atoms with Gasteiger partial charge in [-0.05, 0) is 6.42 Å². The average Bonchev–Trinajstić information content (AvgIpc) is 2.31. The number of hydrogen-bond acceptors (Lipinski definition) is 4. The Morgan fingerprint density at radius 3 is 2.62 bits per heavy atom. The zero-order chi connectivity index (χ0) is 12.4. The molecule has 0 aromatic heterocycles. The molecule has 5 nitrogen and oxygen atoms in total. The summed E-state index contributed by atoms with van der Waals surface area (Å²) in [5, 5.41) is 8.88. The maximum Gasteiger partial charge on any atom is 0.225 e. The average molecular weight is 232 g/mol. The van der Waals surface area contributed by atoms with Gasteiger partial charge >= 0.3 is 0 Å². The van der Waals surface area contributed by atoms with Gasteiger partial charge in [0.05, 0.1) is 19.1 Å². The molecule has 5 heteroatoms. The molecule has 0 aromatic carbocycles. The van der Waals surface area contributed by atoms with E-state index in [9.17, 15) is 4.79 Å². The third kappa shape index (κ3) is 6.05. The number of carbonyl (C=O) groups excluding carboxylic acids is 1. The third-order valence-electron chi connectivity index (χ3n) is 2.50. The van der Waals surface area contributed by atoms with Crippen molar-refractivity contribution in [2.45, 2.75) is 32.3 Å². The molecule has 1 unspecified atom stereocenters. The fraction of sp³-hybridized carbons (Fsp3) is 0.909. The Morgan fingerprint density at radius 2 is 2.19 bits per heavy atom. The van der Waals surface area contributed by atoms with Crippen molar-refractivity contribution in [1.29, 1.82) is 0 Å². The summed E-state index contributed by atoms with van der Waals surface area (Å²) in [7, 11) is 1.55. The molecule has 0 aliphatic heterocycles. The Labute approximate surface area is 97.6 Å². The van der Waals surface area contributed by atoms with Crippen LogP contribution in [0.1, 0.15) is 26.2 Å². The molecule has 0 spiro atoms. The quantitative estimate of drug-likeness (QED) is 0.585. The first-order valence-corrected chi connectivity index (χ1v) is 5.81. The molecule has 0 aliphatic rings. The van der Waals surface area contributed by atoms with Crippen LogP contribution in [0.3, 0.4) is 0 Å². The van der Waals surface area contributed by atoms with Crippen LogP contribution in [0.15, 0.2) is 0 Å². The highest BCUT2D eigenvalue weighted by atomic mass is 16.5. The van der Waals surface area contributed by atoms with E-state index in [1.165, 1.54) is 0 Å². The van der Waals surface area contributed by atoms with Crippen molar-refractivity contribution in [3.63, 3.8) is 0 Å². The fourth-order valence-electron chi connectivity index (χ4n) is 1.42. The minimum atomic E-state index is -0.227. The van der Waals surface area contributed by atoms with Crippen LogP contribution in [0.25, 0.3) is 0 Å². The highest BCUT2D eigenvalue weighted by molar-refractivity contribution is 5.76. The molecule has 0 saturated carbocycles. The Hall–Kier alpha value is -0.650. The molecule has 0 fully saturated rings. The number of unbranched alkanes of at least 4 members (excludes halogenated alkanes) is 1. The number of nitrogens with zero attached hydrogens (tertiary/aromatic N) is 1. The number of carbonyl (C=O) groups is 1. The van der Waals surface area contributed by atoms with E-state index in [1.54, 1.807) is 12.0 Å². The van der Waals surface area contributed by atoms with Crippen molar-refractivity contribution in [3.8, 4) is 0 Å². The molecule has 0 rings (SSSR count). The number of aliphatic hydroxyl groups is 1. The maximum atomic E-state index is 11.8. The van der Waals surface area contributed by atoms with Gasteiger partial charge in [-0.25, -0.2) is 0 Å². The maximum absolute atomic E-state index is 11.8. The number of ether oxygens (including phenoxy) is 1. The second-order valence-electron chi connectivity index (χ2n) is 3.76. The Bertz CT molecular complexity index is 184. The molecule has 0 radical (unpaired) electrons. The number of nitrogens with two attached hydrogens (primary N) is 1. The normalized spacial score (nSPS) is 12.5. The molecule has 1 amide bonds. The van der Waals surface area contributed by atoms with Crippen molar-refractivity contribution in [1.82, 2.24) is 4.90 Å². The summed E-state index contributed by atoms with van der Waals surface area (Å²) in [6.45, 7) is 3.48. The van der Waals surface area contributed by atoms with Crippen LogP contribution in [0, 0.1) is 0 Å². The fourth-order valence-corrected chi connectivity index (χ4v) is 1.42. The molecule has 96 valence electrons. The lowest BCUT2D eigenvalue weighted by Gasteiger charge is -2.23. The van der Waals surface area contributed by atoms with Crippen molar-refractivity contribution < 1.29 is 14.6 Å². The van der Waals surface area contributed by atoms with Gasteiger partial charge in [0.15, 0.2) is 0 Å². The lowest BCUT2D eigenvalue weighted by Crippen LogP contribution is -2.38. The van der Waals surface area contributed by atoms with Crippen LogP contribution >= 0.6 is 0 Å². The standard InChI is InChI=1S/C11H24N2O3/c1-3-4-5-13(6-7-14)11(15)8-10(9-12)16-2/h10,14H,3-9,12H2,1-2H3. The molecule has 0 heterocycles. The summed E-state index contributed by atoms with van der Waals surface area (Å²) in [6.07, 6.45) is 2.04. The van der Waals surface area contributed by atoms with Crippen LogP contribution in [-0.2, 0) is 9.53 Å². The van der Waals surface area contributed by atoms with Crippen LogP contribution in [-0.4, -0.2) is 55.4 Å². The summed E-state index contributed by atoms with van der Waals surface area (Å²) in [6, 6.07) is 0. The second-order valence-corrected chi connectivity index (χ2v) is 3.76. The molecular formula is C11H24N2O3. The lowest BCUT2D eigenvalue weighted by atomic mass is 10.2. The number of amides is 1. The first-order valence-electron chi connectivity index (χ1n) is 5.81. The van der Waals surface area contributed by atoms with Crippen molar-refractivity contribution in [2.75, 3.05) is 33.4 Å². The molecule has 0 bridgehead atoms. The lowest BCUT2D eigenvalue weighted by molar-refractivity contribution is -0.134. The van der Waals surface area contributed by atoms with Gasteiger partial charge in [-0.1, -0.05) is 13.3 Å². The van der Waals surface area contributed by atoms with Crippen LogP contribution < -0.4 is 5.73 Å². The highest BCUT2D eigenvalue weighted by Crippen LogP contribution is 2.03. The minimum Gasteiger partial charge on any atom is -0.395 e. The summed E-state index contributed by atoms with van der Waals surface area (Å²) in [5.41, 5.74) is 5.46. The van der Waals surface area contributed by atoms with Gasteiger partial charge in [-0.3, -0.25) is 4.79 Å². The Balaban J connectivity index is 4.13. The topological polar surface area (TPSA) is 75.8 Å². The summed E-state index contributed by atoms with van der Waals surface area (Å²) in [4.78, 5) is 13.5. The van der Waals surface area contributed by atoms with Gasteiger partial charge < -0.3 is 20.5 Å². The second kappa shape index (κ2) is 9.57. The molecular weight excluding hydrogens is 208 g/mol. The predicted molar refractivity (Wildman–Crippen MR) is 63.0 cm³/mol. The first kappa shape index (κ1) is 15.3. The SMILES string of the molecule is CCCCN(CCO)C(=O)CC(CN)OC. The van der Waals surface area contributed by atoms with Gasteiger partial charge in [0.1, 0.15) is 0 Å². The number of methoxy groups -OCH3 is 1. The van der Waals surface area contributed by atoms with Gasteiger partial charge in [0, 0.05) is 26.7 Å². The first-order chi connectivity index (χ1) is 7.69. The monoisotopic (exact) mass is 232 g/mol. The molecule has 0 aromatic rings. The molecule has 0 saturated heterocycles. The van der Waals surface area contributed by atoms with E-state index in [0.717, 1.165) is 12.8 Å². The molecule has 3 N–H and O–H groups in total. The van der Waals surface area contributed by atoms with E-state index in [0.29, 0.717) is 19.6 Å². The van der Waals surface area contributed by atoms with Crippen LogP contribution in [0.5, 0.6) is 0 Å². The Kier molecular flexibility index (Phi) is 9.18. The van der Waals surface area contributed by atoms with Gasteiger partial charge in [-0.15, -0.1) is 0 Å². The van der Waals surface area contributed by atoms with Crippen LogP contribution in [0.4, 0.5) is 0 Å². The zero-order valence-corrected chi connectivity index (χ0v) is 10.3. The van der Waals surface area contributed by atoms with Crippen molar-refractivity contribution >= 4 is 5.91 Å². The van der Waals surface area contributed by atoms with Gasteiger partial charge in [-0.2, -0.15) is 0 Å². The van der Waals surface area contributed by atoms with Gasteiger partial charge in [0.2, 0.25) is 5.91 Å². The minimum absolute atomic E-state index is 0.000185. The van der Waals surface area contributed by atoms with E-state index < -0.39 is 0 Å². The van der Waals surface area contributed by atoms with Crippen molar-refractivity contribution in [2.24, 2.45) is 5.73 Å². The number of rotatable bonds is 9. The smallest absolute Gasteiger partial charge is 0.225 e. The van der Waals surface area contributed by atoms with Crippen LogP contribution in [0.2, 0.25) is 0 Å². The molecule has 1 atom stereocenters. The van der Waals surface area contributed by atoms with E-state index >= 15 is 0 Å². The van der Waals surface area contributed by atoms with E-state index in [4.69, 9.17) is 15.6 Å². The zero-order valence-electron chi connectivity index (χ0n) is 10.3. The predicted octanol–water partition coefficient (Wildman–Crippen LogP) is -0.0288. The van der Waals surface area contributed by atoms with E-state index in [-0.39, 0.29) is 25.0 Å². The number of hydrogen-bond donors (Lipinski definition) is 2. The van der Waals surface area contributed by atoms with Crippen molar-refractivity contribution in [3.05, 3.63) is 0 Å².